The van der Waals surface area contributed by atoms with Crippen molar-refractivity contribution in [2.45, 2.75) is 57.0 Å². The highest BCUT2D eigenvalue weighted by Crippen LogP contribution is 2.39. The van der Waals surface area contributed by atoms with Gasteiger partial charge in [0.2, 0.25) is 0 Å². The number of nitrogens with zero attached hydrogens (tertiary/aromatic N) is 2. The van der Waals surface area contributed by atoms with Crippen molar-refractivity contribution in [3.8, 4) is 6.07 Å². The van der Waals surface area contributed by atoms with E-state index < -0.39 is 46.8 Å². The van der Waals surface area contributed by atoms with Gasteiger partial charge < -0.3 is 16.0 Å². The normalized spacial score (nSPS) is 22.9. The summed E-state index contributed by atoms with van der Waals surface area (Å²) >= 11 is 0. The molecule has 0 radical (unpaired) electrons. The molecule has 0 bridgehead atoms. The van der Waals surface area contributed by atoms with Gasteiger partial charge in [0, 0.05) is 30.4 Å². The molecule has 0 saturated heterocycles. The third-order valence-electron chi connectivity index (χ3n) is 7.58. The standard InChI is InChI=1S/C29H30F3N5O3/c1-17-24(18(2)38)26(19-14-22(30)25(32)23(31)15-19)37(28(40)36-17)27(39)35-13-12-34-21-8-10-29(16-33,11-9-21)20-6-4-3-5-7-20/h3-7,14-15,21,26,34H,8-13H2,1-2H3,(H,35,39)(H,36,40). The number of carbonyl (C=O) groups is 3. The number of imide groups is 1. The number of halogens is 3. The molecule has 2 aliphatic rings. The minimum absolute atomic E-state index is 0.0557. The summed E-state index contributed by atoms with van der Waals surface area (Å²) < 4.78 is 41.8. The first-order chi connectivity index (χ1) is 19.1. The Hall–Kier alpha value is -4.17. The molecule has 1 saturated carbocycles. The number of nitriles is 1. The fourth-order valence-electron chi connectivity index (χ4n) is 5.52. The number of Topliss-reactive ketones (excluding diaryl/α,β-unsaturated/α-hetero) is 1. The molecular weight excluding hydrogens is 523 g/mol. The fourth-order valence-corrected chi connectivity index (χ4v) is 5.52. The van der Waals surface area contributed by atoms with E-state index in [0.717, 1.165) is 18.4 Å². The molecule has 1 aliphatic heterocycles. The van der Waals surface area contributed by atoms with E-state index in [0.29, 0.717) is 36.4 Å². The van der Waals surface area contributed by atoms with Gasteiger partial charge in [-0.1, -0.05) is 30.3 Å². The van der Waals surface area contributed by atoms with Crippen LogP contribution < -0.4 is 16.0 Å². The van der Waals surface area contributed by atoms with E-state index in [9.17, 15) is 32.8 Å². The maximum atomic E-state index is 14.1. The number of amides is 4. The summed E-state index contributed by atoms with van der Waals surface area (Å²) in [4.78, 5) is 39.1. The zero-order chi connectivity index (χ0) is 29.0. The molecule has 210 valence electrons. The molecule has 8 nitrogen and oxygen atoms in total. The lowest BCUT2D eigenvalue weighted by molar-refractivity contribution is -0.114. The van der Waals surface area contributed by atoms with Gasteiger partial charge in [0.05, 0.1) is 17.5 Å². The van der Waals surface area contributed by atoms with Crippen molar-refractivity contribution in [2.24, 2.45) is 0 Å². The van der Waals surface area contributed by atoms with Crippen LogP contribution in [-0.4, -0.2) is 41.9 Å². The van der Waals surface area contributed by atoms with Crippen molar-refractivity contribution in [3.63, 3.8) is 0 Å². The van der Waals surface area contributed by atoms with E-state index in [1.165, 1.54) is 13.8 Å². The topological polar surface area (TPSA) is 114 Å². The zero-order valence-electron chi connectivity index (χ0n) is 22.2. The second-order valence-corrected chi connectivity index (χ2v) is 10.1. The molecule has 1 fully saturated rings. The van der Waals surface area contributed by atoms with Gasteiger partial charge in [-0.15, -0.1) is 0 Å². The van der Waals surface area contributed by atoms with Crippen LogP contribution >= 0.6 is 0 Å². The first-order valence-corrected chi connectivity index (χ1v) is 13.0. The van der Waals surface area contributed by atoms with Gasteiger partial charge in [0.1, 0.15) is 0 Å². The third-order valence-corrected chi connectivity index (χ3v) is 7.58. The Labute approximate surface area is 230 Å². The van der Waals surface area contributed by atoms with E-state index in [1.807, 2.05) is 30.3 Å². The largest absolute Gasteiger partial charge is 0.336 e. The van der Waals surface area contributed by atoms with Gasteiger partial charge in [-0.2, -0.15) is 5.26 Å². The molecule has 3 N–H and O–H groups in total. The van der Waals surface area contributed by atoms with Crippen LogP contribution in [-0.2, 0) is 10.2 Å². The Kier molecular flexibility index (Phi) is 8.59. The average molecular weight is 554 g/mol. The van der Waals surface area contributed by atoms with Gasteiger partial charge in [-0.05, 0) is 62.8 Å². The van der Waals surface area contributed by atoms with E-state index in [2.05, 4.69) is 22.0 Å². The predicted molar refractivity (Wildman–Crippen MR) is 140 cm³/mol. The van der Waals surface area contributed by atoms with Crippen LogP contribution in [0.25, 0.3) is 0 Å². The zero-order valence-corrected chi connectivity index (χ0v) is 22.2. The molecule has 1 atom stereocenters. The van der Waals surface area contributed by atoms with Crippen molar-refractivity contribution >= 4 is 17.8 Å². The van der Waals surface area contributed by atoms with Crippen LogP contribution in [0.5, 0.6) is 0 Å². The molecule has 11 heteroatoms. The number of allylic oxidation sites excluding steroid dienone is 1. The van der Waals surface area contributed by atoms with Crippen LogP contribution in [0.2, 0.25) is 0 Å². The minimum Gasteiger partial charge on any atom is -0.336 e. The van der Waals surface area contributed by atoms with Crippen LogP contribution in [0, 0.1) is 28.8 Å². The average Bonchev–Trinajstić information content (AvgIpc) is 2.93. The number of rotatable bonds is 7. The lowest BCUT2D eigenvalue weighted by Gasteiger charge is -2.37. The number of carbonyl (C=O) groups excluding carboxylic acids is 3. The molecule has 0 aromatic heterocycles. The summed E-state index contributed by atoms with van der Waals surface area (Å²) in [6.45, 7) is 3.09. The van der Waals surface area contributed by atoms with Crippen LogP contribution in [0.15, 0.2) is 53.7 Å². The Balaban J connectivity index is 1.40. The van der Waals surface area contributed by atoms with Crippen LogP contribution in [0.4, 0.5) is 22.8 Å². The second kappa shape index (κ2) is 11.9. The van der Waals surface area contributed by atoms with Gasteiger partial charge in [-0.3, -0.25) is 4.79 Å². The van der Waals surface area contributed by atoms with Crippen molar-refractivity contribution in [1.29, 1.82) is 5.26 Å². The predicted octanol–water partition coefficient (Wildman–Crippen LogP) is 4.74. The number of benzene rings is 2. The molecule has 40 heavy (non-hydrogen) atoms. The molecule has 4 rings (SSSR count). The third kappa shape index (κ3) is 5.72. The SMILES string of the molecule is CC(=O)C1=C(C)NC(=O)N(C(=O)NCCNC2CCC(C#N)(c3ccccc3)CC2)C1c1cc(F)c(F)c(F)c1. The molecule has 4 amide bonds. The number of nitrogens with one attached hydrogen (secondary N) is 3. The molecular formula is C29H30F3N5O3. The quantitative estimate of drug-likeness (QED) is 0.339. The van der Waals surface area contributed by atoms with Crippen molar-refractivity contribution in [2.75, 3.05) is 13.1 Å². The number of urea groups is 2. The highest BCUT2D eigenvalue weighted by Gasteiger charge is 2.41. The smallest absolute Gasteiger partial charge is 0.330 e. The minimum atomic E-state index is -1.70. The first kappa shape index (κ1) is 28.8. The second-order valence-electron chi connectivity index (χ2n) is 10.1. The van der Waals surface area contributed by atoms with Crippen molar-refractivity contribution < 1.29 is 27.6 Å². The Bertz CT molecular complexity index is 1360. The summed E-state index contributed by atoms with van der Waals surface area (Å²) in [6.07, 6.45) is 2.91. The van der Waals surface area contributed by atoms with E-state index in [-0.39, 0.29) is 29.4 Å². The number of ketones is 1. The molecule has 2 aromatic carbocycles. The van der Waals surface area contributed by atoms with E-state index in [1.54, 1.807) is 0 Å². The van der Waals surface area contributed by atoms with E-state index >= 15 is 0 Å². The first-order valence-electron chi connectivity index (χ1n) is 13.0. The molecule has 2 aromatic rings. The van der Waals surface area contributed by atoms with Crippen LogP contribution in [0.1, 0.15) is 56.7 Å². The molecule has 0 spiro atoms. The fraction of sp³-hybridized carbons (Fsp3) is 0.379. The summed E-state index contributed by atoms with van der Waals surface area (Å²) in [5.74, 6) is -5.25. The van der Waals surface area contributed by atoms with Crippen molar-refractivity contribution in [3.05, 3.63) is 82.3 Å². The monoisotopic (exact) mass is 553 g/mol. The molecule has 1 heterocycles. The lowest BCUT2D eigenvalue weighted by Crippen LogP contribution is -2.55. The van der Waals surface area contributed by atoms with Crippen molar-refractivity contribution in [1.82, 2.24) is 20.9 Å². The Morgan fingerprint density at radius 2 is 1.73 bits per heavy atom. The highest BCUT2D eigenvalue weighted by atomic mass is 19.2. The highest BCUT2D eigenvalue weighted by molar-refractivity contribution is 6.03. The summed E-state index contributed by atoms with van der Waals surface area (Å²) in [5.41, 5.74) is 0.293. The van der Waals surface area contributed by atoms with Gasteiger partial charge in [0.15, 0.2) is 23.2 Å². The molecule has 1 aliphatic carbocycles. The van der Waals surface area contributed by atoms with E-state index in [4.69, 9.17) is 0 Å². The van der Waals surface area contributed by atoms with Gasteiger partial charge >= 0.3 is 12.1 Å². The Morgan fingerprint density at radius 3 is 2.30 bits per heavy atom. The van der Waals surface area contributed by atoms with Gasteiger partial charge in [0.25, 0.3) is 0 Å². The summed E-state index contributed by atoms with van der Waals surface area (Å²) in [6, 6.07) is 10.4. The summed E-state index contributed by atoms with van der Waals surface area (Å²) in [7, 11) is 0. The summed E-state index contributed by atoms with van der Waals surface area (Å²) in [5, 5.41) is 18.3. The number of hydrogen-bond donors (Lipinski definition) is 3. The van der Waals surface area contributed by atoms with Gasteiger partial charge in [-0.25, -0.2) is 27.7 Å². The number of hydrogen-bond acceptors (Lipinski definition) is 5. The maximum Gasteiger partial charge on any atom is 0.330 e. The Morgan fingerprint density at radius 1 is 1.10 bits per heavy atom. The molecule has 1 unspecified atom stereocenters. The lowest BCUT2D eigenvalue weighted by atomic mass is 9.69. The maximum absolute atomic E-state index is 14.1. The van der Waals surface area contributed by atoms with Crippen LogP contribution in [0.3, 0.4) is 0 Å².